The molecule has 116 valence electrons. The lowest BCUT2D eigenvalue weighted by molar-refractivity contribution is -0.111. The number of carbonyl (C=O) groups is 1. The van der Waals surface area contributed by atoms with Crippen LogP contribution in [0.15, 0.2) is 42.5 Å². The number of ketones is 1. The number of allylic oxidation sites excluding steroid dienone is 2. The number of carbonyl (C=O) groups excluding carboxylic acids is 1. The van der Waals surface area contributed by atoms with Gasteiger partial charge in [-0.1, -0.05) is 30.3 Å². The number of hydrogen-bond acceptors (Lipinski definition) is 3. The molecular formula is C19H16FNO2. The zero-order chi connectivity index (χ0) is 17.0. The van der Waals surface area contributed by atoms with Gasteiger partial charge in [0.05, 0.1) is 12.2 Å². The Morgan fingerprint density at radius 1 is 1.13 bits per heavy atom. The van der Waals surface area contributed by atoms with Crippen molar-refractivity contribution in [1.29, 1.82) is 5.26 Å². The van der Waals surface area contributed by atoms with Crippen LogP contribution in [0.4, 0.5) is 4.39 Å². The van der Waals surface area contributed by atoms with Gasteiger partial charge in [0, 0.05) is 5.57 Å². The van der Waals surface area contributed by atoms with Crippen molar-refractivity contribution in [3.8, 4) is 6.07 Å². The van der Waals surface area contributed by atoms with E-state index in [9.17, 15) is 9.18 Å². The van der Waals surface area contributed by atoms with Crippen LogP contribution in [0, 0.1) is 17.1 Å². The first-order valence-corrected chi connectivity index (χ1v) is 7.10. The number of benzene rings is 2. The Morgan fingerprint density at radius 3 is 2.22 bits per heavy atom. The van der Waals surface area contributed by atoms with Crippen LogP contribution in [-0.2, 0) is 11.4 Å². The molecule has 0 saturated heterocycles. The normalized spacial score (nSPS) is 11.6. The first kappa shape index (κ1) is 16.6. The Labute approximate surface area is 134 Å². The SMILES string of the molecule is CC(=O)C(=C(C)c1ccc(C#N)c(F)c1)c1ccc(CO)cc1. The fourth-order valence-corrected chi connectivity index (χ4v) is 2.44. The first-order valence-electron chi connectivity index (χ1n) is 7.10. The van der Waals surface area contributed by atoms with Crippen molar-refractivity contribution in [3.63, 3.8) is 0 Å². The fourth-order valence-electron chi connectivity index (χ4n) is 2.44. The molecule has 2 rings (SSSR count). The third-order valence-corrected chi connectivity index (χ3v) is 3.67. The van der Waals surface area contributed by atoms with Gasteiger partial charge in [-0.3, -0.25) is 4.79 Å². The van der Waals surface area contributed by atoms with Crippen LogP contribution in [0.2, 0.25) is 0 Å². The molecule has 0 atom stereocenters. The lowest BCUT2D eigenvalue weighted by atomic mass is 9.92. The van der Waals surface area contributed by atoms with Crippen LogP contribution >= 0.6 is 0 Å². The molecule has 0 aliphatic heterocycles. The summed E-state index contributed by atoms with van der Waals surface area (Å²) < 4.78 is 13.8. The van der Waals surface area contributed by atoms with Crippen molar-refractivity contribution in [2.45, 2.75) is 20.5 Å². The van der Waals surface area contributed by atoms with Crippen molar-refractivity contribution >= 4 is 16.9 Å². The summed E-state index contributed by atoms with van der Waals surface area (Å²) in [5, 5.41) is 17.9. The molecule has 23 heavy (non-hydrogen) atoms. The molecule has 0 fully saturated rings. The molecule has 0 heterocycles. The average molecular weight is 309 g/mol. The van der Waals surface area contributed by atoms with Gasteiger partial charge in [0.25, 0.3) is 0 Å². The summed E-state index contributed by atoms with van der Waals surface area (Å²) in [4.78, 5) is 12.1. The van der Waals surface area contributed by atoms with Gasteiger partial charge in [0.1, 0.15) is 11.9 Å². The van der Waals surface area contributed by atoms with Crippen molar-refractivity contribution < 1.29 is 14.3 Å². The number of aliphatic hydroxyl groups is 1. The molecule has 0 spiro atoms. The summed E-state index contributed by atoms with van der Waals surface area (Å²) in [7, 11) is 0. The predicted octanol–water partition coefficient (Wildman–Crippen LogP) is 3.71. The highest BCUT2D eigenvalue weighted by atomic mass is 19.1. The highest BCUT2D eigenvalue weighted by Crippen LogP contribution is 2.28. The van der Waals surface area contributed by atoms with E-state index < -0.39 is 5.82 Å². The monoisotopic (exact) mass is 309 g/mol. The maximum absolute atomic E-state index is 13.8. The molecule has 3 nitrogen and oxygen atoms in total. The molecule has 0 bridgehead atoms. The van der Waals surface area contributed by atoms with Crippen LogP contribution in [0.5, 0.6) is 0 Å². The molecule has 0 saturated carbocycles. The van der Waals surface area contributed by atoms with Gasteiger partial charge < -0.3 is 5.11 Å². The van der Waals surface area contributed by atoms with Gasteiger partial charge in [-0.25, -0.2) is 4.39 Å². The summed E-state index contributed by atoms with van der Waals surface area (Å²) >= 11 is 0. The van der Waals surface area contributed by atoms with Gasteiger partial charge in [0.2, 0.25) is 0 Å². The second-order valence-electron chi connectivity index (χ2n) is 5.22. The van der Waals surface area contributed by atoms with Crippen LogP contribution in [0.25, 0.3) is 11.1 Å². The Kier molecular flexibility index (Phi) is 5.05. The Balaban J connectivity index is 2.57. The molecule has 0 aromatic heterocycles. The third-order valence-electron chi connectivity index (χ3n) is 3.67. The largest absolute Gasteiger partial charge is 0.392 e. The molecule has 0 amide bonds. The second-order valence-corrected chi connectivity index (χ2v) is 5.22. The number of aliphatic hydroxyl groups excluding tert-OH is 1. The van der Waals surface area contributed by atoms with Crippen LogP contribution < -0.4 is 0 Å². The summed E-state index contributed by atoms with van der Waals surface area (Å²) in [6.45, 7) is 3.13. The molecule has 1 N–H and O–H groups in total. The van der Waals surface area contributed by atoms with E-state index >= 15 is 0 Å². The van der Waals surface area contributed by atoms with E-state index in [1.54, 1.807) is 43.3 Å². The molecule has 0 radical (unpaired) electrons. The van der Waals surface area contributed by atoms with Crippen molar-refractivity contribution in [2.24, 2.45) is 0 Å². The zero-order valence-corrected chi connectivity index (χ0v) is 12.9. The molecule has 4 heteroatoms. The highest BCUT2D eigenvalue weighted by molar-refractivity contribution is 6.26. The molecular weight excluding hydrogens is 293 g/mol. The Hall–Kier alpha value is -2.77. The summed E-state index contributed by atoms with van der Waals surface area (Å²) in [5.41, 5.74) is 3.10. The smallest absolute Gasteiger partial charge is 0.160 e. The number of Topliss-reactive ketones (excluding diaryl/α,β-unsaturated/α-hetero) is 1. The van der Waals surface area contributed by atoms with E-state index in [1.165, 1.54) is 19.1 Å². The number of rotatable bonds is 4. The van der Waals surface area contributed by atoms with Crippen LogP contribution in [-0.4, -0.2) is 10.9 Å². The van der Waals surface area contributed by atoms with Crippen LogP contribution in [0.1, 0.15) is 36.1 Å². The summed E-state index contributed by atoms with van der Waals surface area (Å²) in [6, 6.07) is 13.1. The topological polar surface area (TPSA) is 61.1 Å². The van der Waals surface area contributed by atoms with Gasteiger partial charge in [-0.05, 0) is 48.2 Å². The predicted molar refractivity (Wildman–Crippen MR) is 86.6 cm³/mol. The van der Waals surface area contributed by atoms with E-state index in [-0.39, 0.29) is 18.0 Å². The number of nitrogens with zero attached hydrogens (tertiary/aromatic N) is 1. The average Bonchev–Trinajstić information content (AvgIpc) is 2.55. The molecule has 2 aromatic rings. The second kappa shape index (κ2) is 6.99. The maximum Gasteiger partial charge on any atom is 0.160 e. The van der Waals surface area contributed by atoms with E-state index in [0.717, 1.165) is 5.56 Å². The zero-order valence-electron chi connectivity index (χ0n) is 12.9. The summed E-state index contributed by atoms with van der Waals surface area (Å²) in [5.74, 6) is -0.744. The standard InChI is InChI=1S/C19H16FNO2/c1-12(16-7-8-17(10-21)18(20)9-16)19(13(2)23)15-5-3-14(11-22)4-6-15/h3-9,22H,11H2,1-2H3. The Bertz CT molecular complexity index is 814. The number of nitriles is 1. The highest BCUT2D eigenvalue weighted by Gasteiger charge is 2.14. The van der Waals surface area contributed by atoms with E-state index in [0.29, 0.717) is 22.3 Å². The lowest BCUT2D eigenvalue weighted by Crippen LogP contribution is -2.00. The van der Waals surface area contributed by atoms with Gasteiger partial charge in [-0.15, -0.1) is 0 Å². The fraction of sp³-hybridized carbons (Fsp3) is 0.158. The van der Waals surface area contributed by atoms with Crippen LogP contribution in [0.3, 0.4) is 0 Å². The first-order chi connectivity index (χ1) is 11.0. The molecule has 2 aromatic carbocycles. The van der Waals surface area contributed by atoms with Crippen molar-refractivity contribution in [3.05, 3.63) is 70.5 Å². The van der Waals surface area contributed by atoms with Crippen molar-refractivity contribution in [2.75, 3.05) is 0 Å². The minimum atomic E-state index is -0.608. The lowest BCUT2D eigenvalue weighted by Gasteiger charge is -2.11. The van der Waals surface area contributed by atoms with Gasteiger partial charge in [0.15, 0.2) is 5.78 Å². The number of halogens is 1. The van der Waals surface area contributed by atoms with Gasteiger partial charge >= 0.3 is 0 Å². The number of hydrogen-bond donors (Lipinski definition) is 1. The van der Waals surface area contributed by atoms with Crippen molar-refractivity contribution in [1.82, 2.24) is 0 Å². The van der Waals surface area contributed by atoms with E-state index in [4.69, 9.17) is 10.4 Å². The molecule has 0 aliphatic carbocycles. The third kappa shape index (κ3) is 3.53. The van der Waals surface area contributed by atoms with E-state index in [1.807, 2.05) is 0 Å². The summed E-state index contributed by atoms with van der Waals surface area (Å²) in [6.07, 6.45) is 0. The minimum absolute atomic E-state index is 0.0294. The minimum Gasteiger partial charge on any atom is -0.392 e. The molecule has 0 unspecified atom stereocenters. The Morgan fingerprint density at radius 2 is 1.74 bits per heavy atom. The maximum atomic E-state index is 13.8. The van der Waals surface area contributed by atoms with Gasteiger partial charge in [-0.2, -0.15) is 5.26 Å². The quantitative estimate of drug-likeness (QED) is 0.692. The molecule has 0 aliphatic rings. The van der Waals surface area contributed by atoms with E-state index in [2.05, 4.69) is 0 Å².